The van der Waals surface area contributed by atoms with Crippen LogP contribution in [0.1, 0.15) is 65.7 Å². The highest BCUT2D eigenvalue weighted by Gasteiger charge is 2.40. The van der Waals surface area contributed by atoms with Crippen LogP contribution in [0.4, 0.5) is 5.69 Å². The van der Waals surface area contributed by atoms with Crippen molar-refractivity contribution >= 4 is 17.5 Å². The standard InChI is InChI=1S/C32H46N4O3/c1-5-7-17-36(28-10-8-16-33-22-28)30(37)24-35-23-25(11-12-26-14-20-39-29(26)9-6-2)21-27(35)13-18-34-19-15-32(3,4)31(34)38/h6,8-10,12,16,22,25,27H,2,5,7,11,13-15,17-21,23-24H2,1,3-4H3/b26-12-,29-9+/t25-,27+/m1/s1. The van der Waals surface area contributed by atoms with Crippen LogP contribution in [0.3, 0.4) is 0 Å². The van der Waals surface area contributed by atoms with Gasteiger partial charge in [-0.05, 0) is 61.8 Å². The van der Waals surface area contributed by atoms with Crippen LogP contribution in [0, 0.1) is 11.3 Å². The molecule has 4 heterocycles. The van der Waals surface area contributed by atoms with E-state index < -0.39 is 0 Å². The highest BCUT2D eigenvalue weighted by Crippen LogP contribution is 2.34. The summed E-state index contributed by atoms with van der Waals surface area (Å²) < 4.78 is 5.76. The number of anilines is 1. The number of ether oxygens (including phenoxy) is 1. The summed E-state index contributed by atoms with van der Waals surface area (Å²) in [5.74, 6) is 1.78. The molecule has 0 N–H and O–H groups in total. The van der Waals surface area contributed by atoms with Gasteiger partial charge in [0.15, 0.2) is 0 Å². The molecule has 0 spiro atoms. The van der Waals surface area contributed by atoms with Crippen molar-refractivity contribution in [1.82, 2.24) is 14.8 Å². The smallest absolute Gasteiger partial charge is 0.241 e. The van der Waals surface area contributed by atoms with Gasteiger partial charge in [0, 0.05) is 50.3 Å². The second-order valence-electron chi connectivity index (χ2n) is 11.8. The average molecular weight is 535 g/mol. The Bertz CT molecular complexity index is 1060. The molecule has 7 nitrogen and oxygen atoms in total. The molecule has 4 rings (SSSR count). The first-order valence-electron chi connectivity index (χ1n) is 14.7. The number of hydrogen-bond acceptors (Lipinski definition) is 5. The normalized spacial score (nSPS) is 25.0. The molecule has 2 atom stereocenters. The van der Waals surface area contributed by atoms with Crippen molar-refractivity contribution in [3.63, 3.8) is 0 Å². The third kappa shape index (κ3) is 7.38. The molecule has 3 aliphatic rings. The van der Waals surface area contributed by atoms with Gasteiger partial charge < -0.3 is 14.5 Å². The van der Waals surface area contributed by atoms with Crippen molar-refractivity contribution in [3.05, 3.63) is 60.7 Å². The highest BCUT2D eigenvalue weighted by molar-refractivity contribution is 5.94. The number of unbranched alkanes of at least 4 members (excludes halogenated alkanes) is 1. The van der Waals surface area contributed by atoms with Gasteiger partial charge in [-0.25, -0.2) is 0 Å². The van der Waals surface area contributed by atoms with E-state index in [4.69, 9.17) is 4.74 Å². The number of likely N-dealkylation sites (tertiary alicyclic amines) is 2. The molecular formula is C32H46N4O3. The van der Waals surface area contributed by atoms with Crippen LogP contribution in [0.15, 0.2) is 60.7 Å². The Hall–Kier alpha value is -2.93. The van der Waals surface area contributed by atoms with E-state index in [1.807, 2.05) is 41.9 Å². The van der Waals surface area contributed by atoms with Crippen LogP contribution < -0.4 is 4.90 Å². The third-order valence-electron chi connectivity index (χ3n) is 8.46. The molecule has 3 aliphatic heterocycles. The molecule has 3 saturated heterocycles. The topological polar surface area (TPSA) is 66.0 Å². The minimum atomic E-state index is -0.260. The molecule has 39 heavy (non-hydrogen) atoms. The minimum absolute atomic E-state index is 0.124. The Labute approximate surface area is 234 Å². The van der Waals surface area contributed by atoms with Gasteiger partial charge in [-0.15, -0.1) is 0 Å². The number of aromatic nitrogens is 1. The maximum atomic E-state index is 13.7. The molecule has 0 unspecified atom stereocenters. The second-order valence-corrected chi connectivity index (χ2v) is 11.8. The molecule has 1 aromatic rings. The number of rotatable bonds is 12. The highest BCUT2D eigenvalue weighted by atomic mass is 16.5. The van der Waals surface area contributed by atoms with E-state index in [-0.39, 0.29) is 23.3 Å². The summed E-state index contributed by atoms with van der Waals surface area (Å²) in [7, 11) is 0. The summed E-state index contributed by atoms with van der Waals surface area (Å²) in [5.41, 5.74) is 1.86. The van der Waals surface area contributed by atoms with Gasteiger partial charge in [0.2, 0.25) is 11.8 Å². The molecule has 1 aromatic heterocycles. The van der Waals surface area contributed by atoms with Gasteiger partial charge in [-0.2, -0.15) is 0 Å². The fourth-order valence-electron chi connectivity index (χ4n) is 6.07. The lowest BCUT2D eigenvalue weighted by Crippen LogP contribution is -2.44. The van der Waals surface area contributed by atoms with Crippen molar-refractivity contribution < 1.29 is 14.3 Å². The van der Waals surface area contributed by atoms with E-state index >= 15 is 0 Å². The summed E-state index contributed by atoms with van der Waals surface area (Å²) in [5, 5.41) is 0. The quantitative estimate of drug-likeness (QED) is 0.361. The lowest BCUT2D eigenvalue weighted by Gasteiger charge is -2.29. The van der Waals surface area contributed by atoms with Crippen LogP contribution in [-0.2, 0) is 14.3 Å². The summed E-state index contributed by atoms with van der Waals surface area (Å²) in [4.78, 5) is 37.1. The van der Waals surface area contributed by atoms with Crippen LogP contribution in [0.25, 0.3) is 0 Å². The first kappa shape index (κ1) is 29.1. The fraction of sp³-hybridized carbons (Fsp3) is 0.594. The van der Waals surface area contributed by atoms with E-state index in [2.05, 4.69) is 29.5 Å². The third-order valence-corrected chi connectivity index (χ3v) is 8.46. The van der Waals surface area contributed by atoms with E-state index in [9.17, 15) is 9.59 Å². The Morgan fingerprint density at radius 1 is 1.36 bits per heavy atom. The van der Waals surface area contributed by atoms with Gasteiger partial charge in [-0.1, -0.05) is 45.9 Å². The van der Waals surface area contributed by atoms with Gasteiger partial charge >= 0.3 is 0 Å². The zero-order chi connectivity index (χ0) is 27.8. The average Bonchev–Trinajstić information content (AvgIpc) is 3.60. The summed E-state index contributed by atoms with van der Waals surface area (Å²) in [6.07, 6.45) is 16.3. The zero-order valence-electron chi connectivity index (χ0n) is 24.1. The minimum Gasteiger partial charge on any atom is -0.493 e. The van der Waals surface area contributed by atoms with Crippen LogP contribution in [0.2, 0.25) is 0 Å². The molecule has 212 valence electrons. The number of allylic oxidation sites excluding steroid dienone is 4. The molecule has 2 amide bonds. The first-order chi connectivity index (χ1) is 18.8. The SMILES string of the molecule is C=C/C=C1/OCC/C1=C/C[C@@H]1C[C@H](CCN2CCC(C)(C)C2=O)N(CC(=O)N(CCCC)c2cccnc2)C1. The van der Waals surface area contributed by atoms with E-state index in [1.165, 1.54) is 5.57 Å². The number of carbonyl (C=O) groups excluding carboxylic acids is 2. The van der Waals surface area contributed by atoms with E-state index in [1.54, 1.807) is 18.5 Å². The van der Waals surface area contributed by atoms with Crippen LogP contribution in [-0.4, -0.2) is 72.0 Å². The number of amides is 2. The number of carbonyl (C=O) groups is 2. The second kappa shape index (κ2) is 13.4. The van der Waals surface area contributed by atoms with Crippen molar-refractivity contribution in [2.24, 2.45) is 11.3 Å². The lowest BCUT2D eigenvalue weighted by atomic mass is 9.92. The number of hydrogen-bond donors (Lipinski definition) is 0. The maximum Gasteiger partial charge on any atom is 0.241 e. The van der Waals surface area contributed by atoms with Crippen molar-refractivity contribution in [2.75, 3.05) is 44.2 Å². The van der Waals surface area contributed by atoms with Crippen LogP contribution in [0.5, 0.6) is 0 Å². The van der Waals surface area contributed by atoms with Crippen molar-refractivity contribution in [3.8, 4) is 0 Å². The summed E-state index contributed by atoms with van der Waals surface area (Å²) >= 11 is 0. The van der Waals surface area contributed by atoms with Crippen molar-refractivity contribution in [1.29, 1.82) is 0 Å². The fourth-order valence-corrected chi connectivity index (χ4v) is 6.07. The van der Waals surface area contributed by atoms with E-state index in [0.29, 0.717) is 19.0 Å². The predicted molar refractivity (Wildman–Crippen MR) is 156 cm³/mol. The summed E-state index contributed by atoms with van der Waals surface area (Å²) in [6.45, 7) is 14.3. The van der Waals surface area contributed by atoms with E-state index in [0.717, 1.165) is 82.6 Å². The zero-order valence-corrected chi connectivity index (χ0v) is 24.1. The monoisotopic (exact) mass is 534 g/mol. The molecule has 0 saturated carbocycles. The molecule has 0 bridgehead atoms. The molecule has 7 heteroatoms. The molecule has 0 aliphatic carbocycles. The molecule has 0 radical (unpaired) electrons. The largest absolute Gasteiger partial charge is 0.493 e. The number of nitrogens with zero attached hydrogens (tertiary/aromatic N) is 4. The Morgan fingerprint density at radius 3 is 2.90 bits per heavy atom. The summed E-state index contributed by atoms with van der Waals surface area (Å²) in [6, 6.07) is 4.13. The Balaban J connectivity index is 1.46. The Kier molecular flexibility index (Phi) is 10.0. The molecule has 0 aromatic carbocycles. The molecular weight excluding hydrogens is 488 g/mol. The lowest BCUT2D eigenvalue weighted by molar-refractivity contribution is -0.134. The first-order valence-corrected chi connectivity index (χ1v) is 14.7. The van der Waals surface area contributed by atoms with Crippen LogP contribution >= 0.6 is 0 Å². The van der Waals surface area contributed by atoms with Gasteiger partial charge in [0.1, 0.15) is 5.76 Å². The number of pyridine rings is 1. The Morgan fingerprint density at radius 2 is 2.21 bits per heavy atom. The van der Waals surface area contributed by atoms with Gasteiger partial charge in [0.05, 0.1) is 25.0 Å². The van der Waals surface area contributed by atoms with Crippen molar-refractivity contribution in [2.45, 2.75) is 71.8 Å². The van der Waals surface area contributed by atoms with Gasteiger partial charge in [-0.3, -0.25) is 19.5 Å². The maximum absolute atomic E-state index is 13.7. The predicted octanol–water partition coefficient (Wildman–Crippen LogP) is 5.36. The molecule has 3 fully saturated rings. The van der Waals surface area contributed by atoms with Gasteiger partial charge in [0.25, 0.3) is 0 Å².